The minimum atomic E-state index is 0.0990. The van der Waals surface area contributed by atoms with E-state index in [1.165, 1.54) is 19.0 Å². The molecule has 3 N–H and O–H groups in total. The van der Waals surface area contributed by atoms with Gasteiger partial charge in [-0.3, -0.25) is 0 Å². The highest BCUT2D eigenvalue weighted by molar-refractivity contribution is 5.55. The second-order valence-electron chi connectivity index (χ2n) is 5.58. The number of hydrogen-bond acceptors (Lipinski definition) is 6. The Kier molecular flexibility index (Phi) is 4.28. The molecule has 6 nitrogen and oxygen atoms in total. The number of nitrogens with zero attached hydrogens (tertiary/aromatic N) is 2. The first kappa shape index (κ1) is 15.1. The van der Waals surface area contributed by atoms with Gasteiger partial charge in [0.15, 0.2) is 5.82 Å². The number of nitrogen functional groups attached to an aromatic ring is 1. The van der Waals surface area contributed by atoms with Gasteiger partial charge < -0.3 is 14.9 Å². The maximum absolute atomic E-state index is 5.74. The molecule has 0 amide bonds. The molecule has 21 heavy (non-hydrogen) atoms. The summed E-state index contributed by atoms with van der Waals surface area (Å²) < 4.78 is 11.0. The van der Waals surface area contributed by atoms with Gasteiger partial charge in [0, 0.05) is 0 Å². The van der Waals surface area contributed by atoms with Gasteiger partial charge in [-0.15, -0.1) is 0 Å². The van der Waals surface area contributed by atoms with E-state index >= 15 is 0 Å². The molecule has 112 valence electrons. The third-order valence-corrected chi connectivity index (χ3v) is 3.05. The lowest BCUT2D eigenvalue weighted by molar-refractivity contribution is 0.369. The second kappa shape index (κ2) is 5.97. The number of anilines is 1. The summed E-state index contributed by atoms with van der Waals surface area (Å²) in [4.78, 5) is 8.04. The van der Waals surface area contributed by atoms with Crippen LogP contribution in [0.4, 0.5) is 5.82 Å². The Morgan fingerprint density at radius 1 is 1.10 bits per heavy atom. The number of benzene rings is 1. The van der Waals surface area contributed by atoms with Crippen molar-refractivity contribution in [2.24, 2.45) is 5.84 Å². The molecule has 0 fully saturated rings. The standard InChI is InChI=1S/C15H20N4O2/c1-15(2,3)10-5-7-11(8-6-10)21-14-12(20-4)13(19-16)17-9-18-14/h5-9H,16H2,1-4H3,(H,17,18,19). The molecular weight excluding hydrogens is 268 g/mol. The monoisotopic (exact) mass is 288 g/mol. The van der Waals surface area contributed by atoms with Gasteiger partial charge in [-0.25, -0.2) is 10.8 Å². The third-order valence-electron chi connectivity index (χ3n) is 3.05. The van der Waals surface area contributed by atoms with Crippen molar-refractivity contribution >= 4 is 5.82 Å². The van der Waals surface area contributed by atoms with Crippen LogP contribution < -0.4 is 20.7 Å². The van der Waals surface area contributed by atoms with Crippen molar-refractivity contribution in [2.75, 3.05) is 12.5 Å². The van der Waals surface area contributed by atoms with Crippen LogP contribution in [0.15, 0.2) is 30.6 Å². The molecule has 0 saturated carbocycles. The Bertz CT molecular complexity index is 606. The number of methoxy groups -OCH3 is 1. The van der Waals surface area contributed by atoms with Gasteiger partial charge >= 0.3 is 0 Å². The molecule has 0 aliphatic carbocycles. The lowest BCUT2D eigenvalue weighted by atomic mass is 9.87. The molecule has 2 aromatic rings. The Morgan fingerprint density at radius 2 is 1.76 bits per heavy atom. The summed E-state index contributed by atoms with van der Waals surface area (Å²) >= 11 is 0. The minimum absolute atomic E-state index is 0.0990. The van der Waals surface area contributed by atoms with Crippen LogP contribution in [-0.4, -0.2) is 17.1 Å². The number of aromatic nitrogens is 2. The molecule has 0 bridgehead atoms. The molecular formula is C15H20N4O2. The fourth-order valence-corrected chi connectivity index (χ4v) is 1.85. The maximum atomic E-state index is 5.74. The molecule has 6 heteroatoms. The van der Waals surface area contributed by atoms with Crippen LogP contribution in [0.2, 0.25) is 0 Å². The van der Waals surface area contributed by atoms with Gasteiger partial charge in [0.1, 0.15) is 12.1 Å². The predicted octanol–water partition coefficient (Wildman–Crippen LogP) is 2.86. The van der Waals surface area contributed by atoms with Crippen LogP contribution in [0.5, 0.6) is 17.4 Å². The van der Waals surface area contributed by atoms with E-state index in [4.69, 9.17) is 15.3 Å². The average Bonchev–Trinajstić information content (AvgIpc) is 2.46. The van der Waals surface area contributed by atoms with Crippen molar-refractivity contribution in [3.05, 3.63) is 36.2 Å². The average molecular weight is 288 g/mol. The largest absolute Gasteiger partial charge is 0.489 e. The van der Waals surface area contributed by atoms with Crippen molar-refractivity contribution in [2.45, 2.75) is 26.2 Å². The van der Waals surface area contributed by atoms with Crippen molar-refractivity contribution in [3.63, 3.8) is 0 Å². The van der Waals surface area contributed by atoms with Gasteiger partial charge in [0.25, 0.3) is 5.88 Å². The molecule has 0 unspecified atom stereocenters. The van der Waals surface area contributed by atoms with Gasteiger partial charge in [0.2, 0.25) is 5.75 Å². The normalized spacial score (nSPS) is 11.1. The zero-order valence-corrected chi connectivity index (χ0v) is 12.7. The number of nitrogens with two attached hydrogens (primary N) is 1. The Balaban J connectivity index is 2.26. The minimum Gasteiger partial charge on any atom is -0.489 e. The van der Waals surface area contributed by atoms with Crippen molar-refractivity contribution in [1.29, 1.82) is 0 Å². The molecule has 0 radical (unpaired) electrons. The number of rotatable bonds is 4. The van der Waals surface area contributed by atoms with E-state index in [9.17, 15) is 0 Å². The van der Waals surface area contributed by atoms with Crippen LogP contribution in [0.3, 0.4) is 0 Å². The van der Waals surface area contributed by atoms with Gasteiger partial charge in [-0.05, 0) is 23.1 Å². The molecule has 0 aliphatic heterocycles. The van der Waals surface area contributed by atoms with Crippen LogP contribution in [0.1, 0.15) is 26.3 Å². The zero-order valence-electron chi connectivity index (χ0n) is 12.7. The Labute approximate surface area is 124 Å². The van der Waals surface area contributed by atoms with E-state index < -0.39 is 0 Å². The number of nitrogens with one attached hydrogen (secondary N) is 1. The van der Waals surface area contributed by atoms with Crippen LogP contribution >= 0.6 is 0 Å². The van der Waals surface area contributed by atoms with E-state index in [0.29, 0.717) is 23.2 Å². The van der Waals surface area contributed by atoms with Crippen molar-refractivity contribution < 1.29 is 9.47 Å². The van der Waals surface area contributed by atoms with E-state index in [1.54, 1.807) is 0 Å². The molecule has 0 atom stereocenters. The van der Waals surface area contributed by atoms with E-state index in [0.717, 1.165) is 0 Å². The number of ether oxygens (including phenoxy) is 2. The van der Waals surface area contributed by atoms with Crippen molar-refractivity contribution in [1.82, 2.24) is 9.97 Å². The van der Waals surface area contributed by atoms with Gasteiger partial charge in [0.05, 0.1) is 7.11 Å². The predicted molar refractivity (Wildman–Crippen MR) is 81.6 cm³/mol. The fourth-order valence-electron chi connectivity index (χ4n) is 1.85. The van der Waals surface area contributed by atoms with Gasteiger partial charge in [-0.2, -0.15) is 4.98 Å². The number of hydrogen-bond donors (Lipinski definition) is 2. The summed E-state index contributed by atoms with van der Waals surface area (Å²) in [6, 6.07) is 7.87. The Morgan fingerprint density at radius 3 is 2.29 bits per heavy atom. The third kappa shape index (κ3) is 3.41. The highest BCUT2D eigenvalue weighted by Gasteiger charge is 2.15. The van der Waals surface area contributed by atoms with E-state index in [1.807, 2.05) is 24.3 Å². The molecule has 1 heterocycles. The first-order chi connectivity index (χ1) is 9.95. The Hall–Kier alpha value is -2.34. The highest BCUT2D eigenvalue weighted by atomic mass is 16.5. The molecule has 1 aromatic heterocycles. The molecule has 0 aliphatic rings. The summed E-state index contributed by atoms with van der Waals surface area (Å²) in [5.41, 5.74) is 3.77. The second-order valence-corrected chi connectivity index (χ2v) is 5.58. The lowest BCUT2D eigenvalue weighted by Gasteiger charge is -2.19. The first-order valence-electron chi connectivity index (χ1n) is 6.59. The van der Waals surface area contributed by atoms with E-state index in [2.05, 4.69) is 36.2 Å². The summed E-state index contributed by atoms with van der Waals surface area (Å²) in [5.74, 6) is 7.09. The summed E-state index contributed by atoms with van der Waals surface area (Å²) in [6.07, 6.45) is 1.36. The summed E-state index contributed by atoms with van der Waals surface area (Å²) in [7, 11) is 1.51. The smallest absolute Gasteiger partial charge is 0.268 e. The topological polar surface area (TPSA) is 82.3 Å². The maximum Gasteiger partial charge on any atom is 0.268 e. The number of hydrazine groups is 1. The highest BCUT2D eigenvalue weighted by Crippen LogP contribution is 2.34. The fraction of sp³-hybridized carbons (Fsp3) is 0.333. The SMILES string of the molecule is COc1c(NN)ncnc1Oc1ccc(C(C)(C)C)cc1. The summed E-state index contributed by atoms with van der Waals surface area (Å²) in [5, 5.41) is 0. The van der Waals surface area contributed by atoms with Crippen molar-refractivity contribution in [3.8, 4) is 17.4 Å². The quantitative estimate of drug-likeness (QED) is 0.665. The molecule has 0 saturated heterocycles. The van der Waals surface area contributed by atoms with Crippen LogP contribution in [0, 0.1) is 0 Å². The van der Waals surface area contributed by atoms with Gasteiger partial charge in [-0.1, -0.05) is 32.9 Å². The summed E-state index contributed by atoms with van der Waals surface area (Å²) in [6.45, 7) is 6.49. The zero-order chi connectivity index (χ0) is 15.5. The first-order valence-corrected chi connectivity index (χ1v) is 6.59. The molecule has 1 aromatic carbocycles. The molecule has 0 spiro atoms. The van der Waals surface area contributed by atoms with Crippen LogP contribution in [0.25, 0.3) is 0 Å². The lowest BCUT2D eigenvalue weighted by Crippen LogP contribution is -2.11. The molecule has 2 rings (SSSR count). The van der Waals surface area contributed by atoms with Crippen LogP contribution in [-0.2, 0) is 5.41 Å². The van der Waals surface area contributed by atoms with E-state index in [-0.39, 0.29) is 5.41 Å².